The van der Waals surface area contributed by atoms with Crippen LogP contribution in [-0.2, 0) is 17.9 Å². The van der Waals surface area contributed by atoms with Crippen molar-refractivity contribution >= 4 is 5.91 Å². The van der Waals surface area contributed by atoms with Crippen LogP contribution >= 0.6 is 0 Å². The SMILES string of the molecule is Cc1nn(CCC(=O)N(Cc2ccccc2)C[C@H](C)CO)c(C)c1C. The lowest BCUT2D eigenvalue weighted by atomic mass is 10.1. The molecule has 2 aromatic rings. The average Bonchev–Trinajstić information content (AvgIpc) is 2.86. The first kappa shape index (κ1) is 19.2. The van der Waals surface area contributed by atoms with E-state index in [2.05, 4.69) is 12.0 Å². The number of hydrogen-bond donors (Lipinski definition) is 1. The first-order chi connectivity index (χ1) is 11.9. The molecule has 0 bridgehead atoms. The second kappa shape index (κ2) is 8.81. The van der Waals surface area contributed by atoms with Crippen LogP contribution in [-0.4, -0.2) is 38.8 Å². The minimum atomic E-state index is 0.0589. The van der Waals surface area contributed by atoms with Crippen LogP contribution in [0.15, 0.2) is 30.3 Å². The number of aromatic nitrogens is 2. The molecule has 0 aliphatic heterocycles. The summed E-state index contributed by atoms with van der Waals surface area (Å²) in [6.07, 6.45) is 0.409. The molecule has 0 radical (unpaired) electrons. The number of aliphatic hydroxyl groups excluding tert-OH is 1. The van der Waals surface area contributed by atoms with Gasteiger partial charge in [0.15, 0.2) is 0 Å². The average molecular weight is 343 g/mol. The minimum Gasteiger partial charge on any atom is -0.396 e. The molecular formula is C20H29N3O2. The van der Waals surface area contributed by atoms with E-state index in [1.165, 1.54) is 5.56 Å². The number of amides is 1. The van der Waals surface area contributed by atoms with Gasteiger partial charge >= 0.3 is 0 Å². The van der Waals surface area contributed by atoms with Crippen molar-refractivity contribution in [3.63, 3.8) is 0 Å². The third kappa shape index (κ3) is 5.16. The Labute approximate surface area is 150 Å². The molecule has 1 aromatic heterocycles. The van der Waals surface area contributed by atoms with E-state index < -0.39 is 0 Å². The molecule has 2 rings (SSSR count). The number of rotatable bonds is 8. The summed E-state index contributed by atoms with van der Waals surface area (Å²) in [6, 6.07) is 9.97. The lowest BCUT2D eigenvalue weighted by molar-refractivity contribution is -0.132. The van der Waals surface area contributed by atoms with Gasteiger partial charge in [0.2, 0.25) is 5.91 Å². The highest BCUT2D eigenvalue weighted by Crippen LogP contribution is 2.13. The van der Waals surface area contributed by atoms with Crippen molar-refractivity contribution in [2.75, 3.05) is 13.2 Å². The molecule has 0 fully saturated rings. The molecule has 0 aliphatic carbocycles. The second-order valence-corrected chi connectivity index (χ2v) is 6.82. The Morgan fingerprint density at radius 3 is 2.48 bits per heavy atom. The summed E-state index contributed by atoms with van der Waals surface area (Å²) in [5.74, 6) is 0.151. The maximum absolute atomic E-state index is 12.8. The zero-order chi connectivity index (χ0) is 18.4. The summed E-state index contributed by atoms with van der Waals surface area (Å²) in [4.78, 5) is 14.6. The summed E-state index contributed by atoms with van der Waals surface area (Å²) in [6.45, 7) is 9.82. The molecule has 0 aliphatic rings. The van der Waals surface area contributed by atoms with Gasteiger partial charge in [0, 0.05) is 38.4 Å². The van der Waals surface area contributed by atoms with E-state index in [4.69, 9.17) is 0 Å². The van der Waals surface area contributed by atoms with E-state index in [1.54, 1.807) is 0 Å². The lowest BCUT2D eigenvalue weighted by Crippen LogP contribution is -2.35. The third-order valence-corrected chi connectivity index (χ3v) is 4.69. The van der Waals surface area contributed by atoms with Crippen molar-refractivity contribution in [2.45, 2.75) is 47.2 Å². The Kier molecular flexibility index (Phi) is 6.76. The molecule has 136 valence electrons. The quantitative estimate of drug-likeness (QED) is 0.802. The van der Waals surface area contributed by atoms with E-state index in [-0.39, 0.29) is 18.4 Å². The highest BCUT2D eigenvalue weighted by molar-refractivity contribution is 5.76. The monoisotopic (exact) mass is 343 g/mol. The van der Waals surface area contributed by atoms with Crippen LogP contribution in [0.4, 0.5) is 0 Å². The van der Waals surface area contributed by atoms with Gasteiger partial charge in [-0.25, -0.2) is 0 Å². The minimum absolute atomic E-state index is 0.0589. The van der Waals surface area contributed by atoms with Gasteiger partial charge in [0.1, 0.15) is 0 Å². The normalized spacial score (nSPS) is 12.2. The summed E-state index contributed by atoms with van der Waals surface area (Å²) < 4.78 is 1.92. The number of hydrogen-bond acceptors (Lipinski definition) is 3. The Hall–Kier alpha value is -2.14. The number of nitrogens with zero attached hydrogens (tertiary/aromatic N) is 3. The van der Waals surface area contributed by atoms with Crippen LogP contribution in [0.5, 0.6) is 0 Å². The Morgan fingerprint density at radius 2 is 1.92 bits per heavy atom. The summed E-state index contributed by atoms with van der Waals surface area (Å²) in [5.41, 5.74) is 4.41. The van der Waals surface area contributed by atoms with Gasteiger partial charge in [-0.1, -0.05) is 37.3 Å². The van der Waals surface area contributed by atoms with Gasteiger partial charge in [0.25, 0.3) is 0 Å². The zero-order valence-corrected chi connectivity index (χ0v) is 15.7. The highest BCUT2D eigenvalue weighted by atomic mass is 16.3. The van der Waals surface area contributed by atoms with E-state index in [0.717, 1.165) is 17.0 Å². The fourth-order valence-corrected chi connectivity index (χ4v) is 2.86. The van der Waals surface area contributed by atoms with Crippen molar-refractivity contribution in [3.8, 4) is 0 Å². The van der Waals surface area contributed by atoms with Gasteiger partial charge in [-0.05, 0) is 37.8 Å². The molecule has 1 amide bonds. The number of carbonyl (C=O) groups excluding carboxylic acids is 1. The van der Waals surface area contributed by atoms with Gasteiger partial charge in [-0.3, -0.25) is 9.48 Å². The van der Waals surface area contributed by atoms with E-state index in [1.807, 2.05) is 60.7 Å². The molecule has 1 N–H and O–H groups in total. The Balaban J connectivity index is 2.04. The molecule has 1 atom stereocenters. The predicted octanol–water partition coefficient (Wildman–Crippen LogP) is 2.86. The molecular weight excluding hydrogens is 314 g/mol. The van der Waals surface area contributed by atoms with Gasteiger partial charge < -0.3 is 10.0 Å². The van der Waals surface area contributed by atoms with Crippen LogP contribution in [0.2, 0.25) is 0 Å². The van der Waals surface area contributed by atoms with Crippen molar-refractivity contribution < 1.29 is 9.90 Å². The maximum atomic E-state index is 12.8. The Morgan fingerprint density at radius 1 is 1.24 bits per heavy atom. The summed E-state index contributed by atoms with van der Waals surface area (Å²) in [7, 11) is 0. The summed E-state index contributed by atoms with van der Waals surface area (Å²) in [5, 5.41) is 13.9. The van der Waals surface area contributed by atoms with Crippen LogP contribution in [0.25, 0.3) is 0 Å². The number of aryl methyl sites for hydroxylation is 2. The van der Waals surface area contributed by atoms with Crippen molar-refractivity contribution in [2.24, 2.45) is 5.92 Å². The Bertz CT molecular complexity index is 694. The first-order valence-corrected chi connectivity index (χ1v) is 8.85. The molecule has 0 spiro atoms. The predicted molar refractivity (Wildman–Crippen MR) is 99.2 cm³/mol. The van der Waals surface area contributed by atoms with Gasteiger partial charge in [0.05, 0.1) is 5.69 Å². The molecule has 0 saturated carbocycles. The summed E-state index contributed by atoms with van der Waals surface area (Å²) >= 11 is 0. The molecule has 1 aromatic carbocycles. The first-order valence-electron chi connectivity index (χ1n) is 8.85. The van der Waals surface area contributed by atoms with Crippen molar-refractivity contribution in [3.05, 3.63) is 52.8 Å². The topological polar surface area (TPSA) is 58.4 Å². The fourth-order valence-electron chi connectivity index (χ4n) is 2.86. The zero-order valence-electron chi connectivity index (χ0n) is 15.7. The molecule has 25 heavy (non-hydrogen) atoms. The highest BCUT2D eigenvalue weighted by Gasteiger charge is 2.18. The van der Waals surface area contributed by atoms with Crippen LogP contribution in [0, 0.1) is 26.7 Å². The number of benzene rings is 1. The van der Waals surface area contributed by atoms with Crippen molar-refractivity contribution in [1.82, 2.24) is 14.7 Å². The standard InChI is InChI=1S/C20H29N3O2/c1-15(14-24)12-22(13-19-8-6-5-7-9-19)20(25)10-11-23-18(4)16(2)17(3)21-23/h5-9,15,24H,10-14H2,1-4H3/t15-/m0/s1. The van der Waals surface area contributed by atoms with Crippen LogP contribution in [0.1, 0.15) is 35.9 Å². The molecule has 5 nitrogen and oxygen atoms in total. The molecule has 5 heteroatoms. The van der Waals surface area contributed by atoms with E-state index in [9.17, 15) is 9.90 Å². The molecule has 1 heterocycles. The smallest absolute Gasteiger partial charge is 0.224 e. The largest absolute Gasteiger partial charge is 0.396 e. The van der Waals surface area contributed by atoms with E-state index >= 15 is 0 Å². The fraction of sp³-hybridized carbons (Fsp3) is 0.500. The second-order valence-electron chi connectivity index (χ2n) is 6.82. The molecule has 0 saturated heterocycles. The number of carbonyl (C=O) groups is 1. The van der Waals surface area contributed by atoms with Crippen LogP contribution < -0.4 is 0 Å². The molecule has 0 unspecified atom stereocenters. The van der Waals surface area contributed by atoms with Gasteiger partial charge in [-0.15, -0.1) is 0 Å². The maximum Gasteiger partial charge on any atom is 0.224 e. The van der Waals surface area contributed by atoms with Crippen LogP contribution in [0.3, 0.4) is 0 Å². The van der Waals surface area contributed by atoms with E-state index in [0.29, 0.717) is 26.1 Å². The third-order valence-electron chi connectivity index (χ3n) is 4.69. The lowest BCUT2D eigenvalue weighted by Gasteiger charge is -2.25. The van der Waals surface area contributed by atoms with Crippen molar-refractivity contribution in [1.29, 1.82) is 0 Å². The number of aliphatic hydroxyl groups is 1. The van der Waals surface area contributed by atoms with Gasteiger partial charge in [-0.2, -0.15) is 5.10 Å².